The fourth-order valence-corrected chi connectivity index (χ4v) is 6.19. The molecule has 0 fully saturated rings. The maximum absolute atomic E-state index is 13.8. The number of hydrogen-bond acceptors (Lipinski definition) is 3. The smallest absolute Gasteiger partial charge is 0.244 e. The number of aryl methyl sites for hydroxylation is 3. The van der Waals surface area contributed by atoms with Crippen LogP contribution in [0.4, 0.5) is 0 Å². The average Bonchev–Trinajstić information content (AvgIpc) is 2.74. The molecule has 34 heavy (non-hydrogen) atoms. The summed E-state index contributed by atoms with van der Waals surface area (Å²) in [5, 5.41) is 3.48. The first kappa shape index (κ1) is 26.4. The van der Waals surface area contributed by atoms with E-state index in [4.69, 9.17) is 11.6 Å². The molecule has 8 heteroatoms. The maximum Gasteiger partial charge on any atom is 0.244 e. The lowest BCUT2D eigenvalue weighted by molar-refractivity contribution is -0.122. The molecule has 0 heterocycles. The third kappa shape index (κ3) is 6.48. The van der Waals surface area contributed by atoms with Crippen LogP contribution in [0.1, 0.15) is 40.8 Å². The van der Waals surface area contributed by atoms with Gasteiger partial charge in [-0.25, -0.2) is 8.42 Å². The Kier molecular flexibility index (Phi) is 8.57. The van der Waals surface area contributed by atoms with Crippen molar-refractivity contribution in [2.75, 3.05) is 6.54 Å². The molecule has 0 saturated heterocycles. The molecule has 0 aliphatic carbocycles. The minimum atomic E-state index is -3.96. The van der Waals surface area contributed by atoms with E-state index in [2.05, 4.69) is 21.2 Å². The van der Waals surface area contributed by atoms with Crippen LogP contribution in [0.3, 0.4) is 0 Å². The number of nitrogens with zero attached hydrogens (tertiary/aromatic N) is 1. The summed E-state index contributed by atoms with van der Waals surface area (Å²) in [6.07, 6.45) is 0. The van der Waals surface area contributed by atoms with Crippen molar-refractivity contribution in [1.82, 2.24) is 9.62 Å². The molecule has 180 valence electrons. The standard InChI is InChI=1S/C26H28BrClN2O3S/c1-17-13-18(2)26(19(3)14-17)34(32,33)30(15-21-5-11-24(28)12-6-21)16-25(31)29-20(4)22-7-9-23(27)10-8-22/h5-14,20H,15-16H2,1-4H3,(H,29,31)/t20-/m1/s1. The molecule has 0 spiro atoms. The van der Waals surface area contributed by atoms with Crippen molar-refractivity contribution in [3.63, 3.8) is 0 Å². The zero-order chi connectivity index (χ0) is 25.0. The predicted molar refractivity (Wildman–Crippen MR) is 140 cm³/mol. The van der Waals surface area contributed by atoms with Gasteiger partial charge in [-0.2, -0.15) is 4.31 Å². The van der Waals surface area contributed by atoms with Crippen LogP contribution in [0.5, 0.6) is 0 Å². The van der Waals surface area contributed by atoms with Crippen LogP contribution >= 0.6 is 27.5 Å². The summed E-state index contributed by atoms with van der Waals surface area (Å²) >= 11 is 9.41. The van der Waals surface area contributed by atoms with E-state index >= 15 is 0 Å². The lowest BCUT2D eigenvalue weighted by Crippen LogP contribution is -2.41. The van der Waals surface area contributed by atoms with Gasteiger partial charge in [0.25, 0.3) is 0 Å². The topological polar surface area (TPSA) is 66.5 Å². The second-order valence-electron chi connectivity index (χ2n) is 8.47. The highest BCUT2D eigenvalue weighted by atomic mass is 79.9. The Bertz CT molecular complexity index is 1250. The minimum absolute atomic E-state index is 0.0480. The summed E-state index contributed by atoms with van der Waals surface area (Å²) in [6.45, 7) is 7.10. The van der Waals surface area contributed by atoms with Crippen LogP contribution in [0, 0.1) is 20.8 Å². The van der Waals surface area contributed by atoms with E-state index in [1.807, 2.05) is 50.2 Å². The highest BCUT2D eigenvalue weighted by Crippen LogP contribution is 2.27. The molecule has 1 N–H and O–H groups in total. The summed E-state index contributed by atoms with van der Waals surface area (Å²) in [7, 11) is -3.96. The Labute approximate surface area is 215 Å². The second-order valence-corrected chi connectivity index (χ2v) is 11.7. The summed E-state index contributed by atoms with van der Waals surface area (Å²) in [5.41, 5.74) is 3.96. The zero-order valence-corrected chi connectivity index (χ0v) is 22.8. The Hall–Kier alpha value is -2.19. The Morgan fingerprint density at radius 1 is 1.00 bits per heavy atom. The molecule has 0 aliphatic rings. The number of sulfonamides is 1. The second kappa shape index (κ2) is 11.0. The summed E-state index contributed by atoms with van der Waals surface area (Å²) in [4.78, 5) is 13.2. The number of hydrogen-bond donors (Lipinski definition) is 1. The van der Waals surface area contributed by atoms with Crippen LogP contribution in [0.15, 0.2) is 70.0 Å². The molecule has 3 aromatic rings. The van der Waals surface area contributed by atoms with Gasteiger partial charge < -0.3 is 5.32 Å². The van der Waals surface area contributed by atoms with Gasteiger partial charge in [-0.15, -0.1) is 0 Å². The van der Waals surface area contributed by atoms with Crippen molar-refractivity contribution in [3.8, 4) is 0 Å². The van der Waals surface area contributed by atoms with Crippen LogP contribution in [-0.2, 0) is 21.4 Å². The SMILES string of the molecule is Cc1cc(C)c(S(=O)(=O)N(CC(=O)N[C@H](C)c2ccc(Br)cc2)Cc2ccc(Cl)cc2)c(C)c1. The van der Waals surface area contributed by atoms with Crippen LogP contribution in [0.25, 0.3) is 0 Å². The Balaban J connectivity index is 1.91. The van der Waals surface area contributed by atoms with Crippen molar-refractivity contribution in [1.29, 1.82) is 0 Å². The monoisotopic (exact) mass is 562 g/mol. The van der Waals surface area contributed by atoms with Crippen molar-refractivity contribution in [2.24, 2.45) is 0 Å². The van der Waals surface area contributed by atoms with Crippen LogP contribution in [-0.4, -0.2) is 25.2 Å². The van der Waals surface area contributed by atoms with E-state index in [0.29, 0.717) is 16.1 Å². The van der Waals surface area contributed by atoms with Crippen molar-refractivity contribution in [2.45, 2.75) is 45.2 Å². The first-order valence-electron chi connectivity index (χ1n) is 10.8. The van der Waals surface area contributed by atoms with E-state index in [0.717, 1.165) is 21.2 Å². The summed E-state index contributed by atoms with van der Waals surface area (Å²) in [5.74, 6) is -0.379. The number of carbonyl (C=O) groups is 1. The number of amides is 1. The van der Waals surface area contributed by atoms with E-state index in [1.54, 1.807) is 38.1 Å². The van der Waals surface area contributed by atoms with Gasteiger partial charge >= 0.3 is 0 Å². The first-order chi connectivity index (χ1) is 16.0. The summed E-state index contributed by atoms with van der Waals surface area (Å²) in [6, 6.07) is 18.0. The van der Waals surface area contributed by atoms with Gasteiger partial charge in [0.15, 0.2) is 0 Å². The fraction of sp³-hybridized carbons (Fsp3) is 0.269. The Morgan fingerprint density at radius 3 is 2.12 bits per heavy atom. The molecule has 0 radical (unpaired) electrons. The fourth-order valence-electron chi connectivity index (χ4n) is 4.00. The highest BCUT2D eigenvalue weighted by molar-refractivity contribution is 9.10. The van der Waals surface area contributed by atoms with Gasteiger partial charge in [-0.3, -0.25) is 4.79 Å². The number of halogens is 2. The molecule has 0 aliphatic heterocycles. The van der Waals surface area contributed by atoms with Gasteiger partial charge in [0.1, 0.15) is 0 Å². The highest BCUT2D eigenvalue weighted by Gasteiger charge is 2.30. The largest absolute Gasteiger partial charge is 0.348 e. The average molecular weight is 564 g/mol. The predicted octanol–water partition coefficient (Wildman–Crippen LogP) is 6.10. The number of nitrogens with one attached hydrogen (secondary N) is 1. The number of carbonyl (C=O) groups excluding carboxylic acids is 1. The van der Waals surface area contributed by atoms with E-state index in [9.17, 15) is 13.2 Å². The maximum atomic E-state index is 13.8. The molecule has 0 bridgehead atoms. The third-order valence-corrected chi connectivity index (χ3v) is 8.42. The number of rotatable bonds is 8. The van der Waals surface area contributed by atoms with E-state index in [-0.39, 0.29) is 29.9 Å². The molecule has 0 aromatic heterocycles. The molecule has 0 unspecified atom stereocenters. The third-order valence-electron chi connectivity index (χ3n) is 5.54. The van der Waals surface area contributed by atoms with Gasteiger partial charge in [0, 0.05) is 16.0 Å². The molecular weight excluding hydrogens is 536 g/mol. The van der Waals surface area contributed by atoms with Crippen molar-refractivity contribution < 1.29 is 13.2 Å². The molecule has 0 saturated carbocycles. The van der Waals surface area contributed by atoms with Crippen molar-refractivity contribution in [3.05, 3.63) is 98.0 Å². The van der Waals surface area contributed by atoms with Crippen LogP contribution in [0.2, 0.25) is 5.02 Å². The lowest BCUT2D eigenvalue weighted by Gasteiger charge is -2.25. The van der Waals surface area contributed by atoms with Gasteiger partial charge in [-0.05, 0) is 74.2 Å². The molecule has 1 atom stereocenters. The molecule has 1 amide bonds. The summed E-state index contributed by atoms with van der Waals surface area (Å²) < 4.78 is 29.8. The quantitative estimate of drug-likeness (QED) is 0.360. The van der Waals surface area contributed by atoms with Gasteiger partial charge in [0.2, 0.25) is 15.9 Å². The lowest BCUT2D eigenvalue weighted by atomic mass is 10.1. The number of benzene rings is 3. The normalized spacial score (nSPS) is 12.6. The zero-order valence-electron chi connectivity index (χ0n) is 19.6. The molecule has 3 rings (SSSR count). The minimum Gasteiger partial charge on any atom is -0.348 e. The molecular formula is C26H28BrClN2O3S. The Morgan fingerprint density at radius 2 is 1.56 bits per heavy atom. The first-order valence-corrected chi connectivity index (χ1v) is 13.5. The van der Waals surface area contributed by atoms with E-state index in [1.165, 1.54) is 4.31 Å². The van der Waals surface area contributed by atoms with Crippen LogP contribution < -0.4 is 5.32 Å². The van der Waals surface area contributed by atoms with Gasteiger partial charge in [-0.1, -0.05) is 69.5 Å². The molecule has 3 aromatic carbocycles. The van der Waals surface area contributed by atoms with Gasteiger partial charge in [0.05, 0.1) is 17.5 Å². The van der Waals surface area contributed by atoms with Crippen molar-refractivity contribution >= 4 is 43.5 Å². The van der Waals surface area contributed by atoms with E-state index < -0.39 is 10.0 Å². The molecule has 5 nitrogen and oxygen atoms in total.